The van der Waals surface area contributed by atoms with Crippen LogP contribution in [0.15, 0.2) is 48.5 Å². The highest BCUT2D eigenvalue weighted by Gasteiger charge is 2.23. The first-order valence-electron chi connectivity index (χ1n) is 9.40. The van der Waals surface area contributed by atoms with Crippen LogP contribution in [0.2, 0.25) is 0 Å². The number of aliphatic hydroxyl groups is 1. The van der Waals surface area contributed by atoms with Crippen molar-refractivity contribution in [3.63, 3.8) is 0 Å². The molecule has 2 aromatic carbocycles. The Morgan fingerprint density at radius 1 is 1.04 bits per heavy atom. The molecule has 146 valence electrons. The lowest BCUT2D eigenvalue weighted by molar-refractivity contribution is 0.0746. The Hall–Kier alpha value is -2.97. The first-order valence-corrected chi connectivity index (χ1v) is 9.40. The number of rotatable bonds is 3. The fourth-order valence-electron chi connectivity index (χ4n) is 3.15. The normalized spacial score (nSPS) is 14.3. The van der Waals surface area contributed by atoms with E-state index in [1.54, 1.807) is 33.1 Å². The monoisotopic (exact) mass is 378 g/mol. The summed E-state index contributed by atoms with van der Waals surface area (Å²) in [6.07, 6.45) is 0. The maximum Gasteiger partial charge on any atom is 0.253 e. The molecular formula is C23H26N2O3. The van der Waals surface area contributed by atoms with E-state index in [-0.39, 0.29) is 5.91 Å². The SMILES string of the molecule is COc1ccccc1N1CCN(C(=O)c2ccc(C#CC(C)(C)O)cc2)CC1. The molecule has 1 saturated heterocycles. The summed E-state index contributed by atoms with van der Waals surface area (Å²) in [6.45, 7) is 6.14. The molecule has 0 radical (unpaired) electrons. The summed E-state index contributed by atoms with van der Waals surface area (Å²) in [7, 11) is 1.67. The van der Waals surface area contributed by atoms with E-state index in [9.17, 15) is 9.90 Å². The number of carbonyl (C=O) groups excluding carboxylic acids is 1. The summed E-state index contributed by atoms with van der Waals surface area (Å²) in [6, 6.07) is 15.2. The van der Waals surface area contributed by atoms with E-state index in [1.165, 1.54) is 0 Å². The minimum absolute atomic E-state index is 0.0293. The number of methoxy groups -OCH3 is 1. The van der Waals surface area contributed by atoms with E-state index in [4.69, 9.17) is 4.74 Å². The number of nitrogens with zero attached hydrogens (tertiary/aromatic N) is 2. The number of anilines is 1. The number of amides is 1. The quantitative estimate of drug-likeness (QED) is 0.835. The smallest absolute Gasteiger partial charge is 0.253 e. The van der Waals surface area contributed by atoms with Crippen molar-refractivity contribution in [2.45, 2.75) is 19.4 Å². The van der Waals surface area contributed by atoms with E-state index >= 15 is 0 Å². The van der Waals surface area contributed by atoms with Crippen molar-refractivity contribution in [2.75, 3.05) is 38.2 Å². The minimum Gasteiger partial charge on any atom is -0.495 e. The van der Waals surface area contributed by atoms with Gasteiger partial charge in [0, 0.05) is 37.3 Å². The van der Waals surface area contributed by atoms with E-state index < -0.39 is 5.60 Å². The summed E-state index contributed by atoms with van der Waals surface area (Å²) in [5.74, 6) is 6.58. The molecule has 0 unspecified atom stereocenters. The maximum absolute atomic E-state index is 12.8. The Bertz CT molecular complexity index is 881. The van der Waals surface area contributed by atoms with Gasteiger partial charge in [0.05, 0.1) is 12.8 Å². The molecule has 2 aromatic rings. The van der Waals surface area contributed by atoms with Crippen molar-refractivity contribution >= 4 is 11.6 Å². The lowest BCUT2D eigenvalue weighted by Crippen LogP contribution is -2.48. The van der Waals surface area contributed by atoms with Crippen LogP contribution >= 0.6 is 0 Å². The van der Waals surface area contributed by atoms with Crippen molar-refractivity contribution < 1.29 is 14.6 Å². The Morgan fingerprint density at radius 3 is 2.29 bits per heavy atom. The number of hydrogen-bond acceptors (Lipinski definition) is 4. The topological polar surface area (TPSA) is 53.0 Å². The molecule has 0 aliphatic carbocycles. The molecule has 5 nitrogen and oxygen atoms in total. The van der Waals surface area contributed by atoms with Gasteiger partial charge in [0.2, 0.25) is 0 Å². The summed E-state index contributed by atoms with van der Waals surface area (Å²) in [4.78, 5) is 16.9. The highest BCUT2D eigenvalue weighted by Crippen LogP contribution is 2.28. The molecule has 0 atom stereocenters. The zero-order valence-corrected chi connectivity index (χ0v) is 16.6. The van der Waals surface area contributed by atoms with Crippen molar-refractivity contribution in [2.24, 2.45) is 0 Å². The number of piperazine rings is 1. The third-order valence-corrected chi connectivity index (χ3v) is 4.64. The van der Waals surface area contributed by atoms with Gasteiger partial charge in [0.25, 0.3) is 5.91 Å². The summed E-state index contributed by atoms with van der Waals surface area (Å²) >= 11 is 0. The Morgan fingerprint density at radius 2 is 1.68 bits per heavy atom. The van der Waals surface area contributed by atoms with Crippen LogP contribution in [0.4, 0.5) is 5.69 Å². The summed E-state index contributed by atoms with van der Waals surface area (Å²) < 4.78 is 5.45. The lowest BCUT2D eigenvalue weighted by Gasteiger charge is -2.36. The predicted molar refractivity (Wildman–Crippen MR) is 111 cm³/mol. The number of hydrogen-bond donors (Lipinski definition) is 1. The van der Waals surface area contributed by atoms with Crippen LogP contribution < -0.4 is 9.64 Å². The first-order chi connectivity index (χ1) is 13.4. The summed E-state index contributed by atoms with van der Waals surface area (Å²) in [5, 5.41) is 9.68. The highest BCUT2D eigenvalue weighted by atomic mass is 16.5. The Kier molecular flexibility index (Phi) is 5.91. The molecule has 28 heavy (non-hydrogen) atoms. The van der Waals surface area contributed by atoms with E-state index in [1.807, 2.05) is 41.3 Å². The molecule has 3 rings (SSSR count). The lowest BCUT2D eigenvalue weighted by atomic mass is 10.1. The van der Waals surface area contributed by atoms with Crippen molar-refractivity contribution in [1.29, 1.82) is 0 Å². The van der Waals surface area contributed by atoms with Gasteiger partial charge in [-0.3, -0.25) is 4.79 Å². The molecular weight excluding hydrogens is 352 g/mol. The second-order valence-corrected chi connectivity index (χ2v) is 7.34. The molecule has 1 aliphatic rings. The van der Waals surface area contributed by atoms with Crippen LogP contribution in [0.3, 0.4) is 0 Å². The molecule has 1 amide bonds. The molecule has 0 spiro atoms. The molecule has 1 heterocycles. The number of ether oxygens (including phenoxy) is 1. The fourth-order valence-corrected chi connectivity index (χ4v) is 3.15. The molecule has 0 aromatic heterocycles. The molecule has 1 aliphatic heterocycles. The number of para-hydroxylation sites is 2. The van der Waals surface area contributed by atoms with Gasteiger partial charge < -0.3 is 19.6 Å². The van der Waals surface area contributed by atoms with E-state index in [0.29, 0.717) is 18.7 Å². The van der Waals surface area contributed by atoms with Crippen molar-refractivity contribution in [3.8, 4) is 17.6 Å². The van der Waals surface area contributed by atoms with Gasteiger partial charge in [0.15, 0.2) is 0 Å². The second kappa shape index (κ2) is 8.37. The molecule has 0 bridgehead atoms. The average molecular weight is 378 g/mol. The number of carbonyl (C=O) groups is 1. The van der Waals surface area contributed by atoms with Gasteiger partial charge in [-0.05, 0) is 50.2 Å². The average Bonchev–Trinajstić information content (AvgIpc) is 2.71. The van der Waals surface area contributed by atoms with Crippen LogP contribution in [0.25, 0.3) is 0 Å². The zero-order valence-electron chi connectivity index (χ0n) is 16.6. The maximum atomic E-state index is 12.8. The van der Waals surface area contributed by atoms with Gasteiger partial charge in [0.1, 0.15) is 11.4 Å². The van der Waals surface area contributed by atoms with Gasteiger partial charge in [-0.2, -0.15) is 0 Å². The van der Waals surface area contributed by atoms with E-state index in [0.717, 1.165) is 30.1 Å². The largest absolute Gasteiger partial charge is 0.495 e. The van der Waals surface area contributed by atoms with Crippen LogP contribution in [-0.2, 0) is 0 Å². The van der Waals surface area contributed by atoms with Crippen LogP contribution in [0, 0.1) is 11.8 Å². The van der Waals surface area contributed by atoms with Gasteiger partial charge in [-0.1, -0.05) is 24.0 Å². The summed E-state index contributed by atoms with van der Waals surface area (Å²) in [5.41, 5.74) is 1.46. The van der Waals surface area contributed by atoms with Crippen molar-refractivity contribution in [1.82, 2.24) is 4.90 Å². The number of benzene rings is 2. The molecule has 0 saturated carbocycles. The highest BCUT2D eigenvalue weighted by molar-refractivity contribution is 5.94. The zero-order chi connectivity index (χ0) is 20.1. The second-order valence-electron chi connectivity index (χ2n) is 7.34. The Labute approximate surface area is 166 Å². The van der Waals surface area contributed by atoms with Gasteiger partial charge >= 0.3 is 0 Å². The van der Waals surface area contributed by atoms with Crippen molar-refractivity contribution in [3.05, 3.63) is 59.7 Å². The molecule has 5 heteroatoms. The fraction of sp³-hybridized carbons (Fsp3) is 0.348. The first kappa shape index (κ1) is 19.8. The third kappa shape index (κ3) is 4.85. The van der Waals surface area contributed by atoms with Crippen LogP contribution in [-0.4, -0.2) is 54.8 Å². The van der Waals surface area contributed by atoms with Gasteiger partial charge in [-0.25, -0.2) is 0 Å². The Balaban J connectivity index is 1.63. The van der Waals surface area contributed by atoms with Crippen LogP contribution in [0.1, 0.15) is 29.8 Å². The third-order valence-electron chi connectivity index (χ3n) is 4.64. The minimum atomic E-state index is -1.03. The standard InChI is InChI=1S/C23H26N2O3/c1-23(2,27)13-12-18-8-10-19(11-9-18)22(26)25-16-14-24(15-17-25)20-6-4-5-7-21(20)28-3/h4-11,27H,14-17H2,1-3H3. The molecule has 1 fully saturated rings. The van der Waals surface area contributed by atoms with Gasteiger partial charge in [-0.15, -0.1) is 0 Å². The predicted octanol–water partition coefficient (Wildman–Crippen LogP) is 2.78. The van der Waals surface area contributed by atoms with Crippen LogP contribution in [0.5, 0.6) is 5.75 Å². The van der Waals surface area contributed by atoms with E-state index in [2.05, 4.69) is 16.7 Å². The molecule has 1 N–H and O–H groups in total.